The molecule has 2 N–H and O–H groups in total. The molecule has 0 aliphatic heterocycles. The van der Waals surface area contributed by atoms with E-state index in [0.717, 1.165) is 6.07 Å². The Labute approximate surface area is 76.0 Å². The lowest BCUT2D eigenvalue weighted by molar-refractivity contribution is 0.103. The van der Waals surface area contributed by atoms with E-state index in [1.54, 1.807) is 6.92 Å². The molecule has 1 rings (SSSR count). The summed E-state index contributed by atoms with van der Waals surface area (Å²) in [4.78, 5) is 11.3. The lowest BCUT2D eigenvalue weighted by atomic mass is 10.0. The van der Waals surface area contributed by atoms with E-state index in [2.05, 4.69) is 6.58 Å². The van der Waals surface area contributed by atoms with E-state index in [4.69, 9.17) is 5.11 Å². The average molecular weight is 178 g/mol. The van der Waals surface area contributed by atoms with Crippen molar-refractivity contribution in [3.63, 3.8) is 0 Å². The fourth-order valence-electron chi connectivity index (χ4n) is 0.942. The Morgan fingerprint density at radius 2 is 2.00 bits per heavy atom. The number of hydrogen-bond donors (Lipinski definition) is 2. The van der Waals surface area contributed by atoms with Crippen LogP contribution in [0, 0.1) is 0 Å². The molecule has 0 heterocycles. The van der Waals surface area contributed by atoms with E-state index < -0.39 is 0 Å². The smallest absolute Gasteiger partial charge is 0.191 e. The molecule has 0 radical (unpaired) electrons. The second-order valence-electron chi connectivity index (χ2n) is 2.81. The van der Waals surface area contributed by atoms with E-state index in [1.165, 1.54) is 12.1 Å². The van der Waals surface area contributed by atoms with Gasteiger partial charge >= 0.3 is 0 Å². The highest BCUT2D eigenvalue weighted by Crippen LogP contribution is 2.24. The van der Waals surface area contributed by atoms with Gasteiger partial charge < -0.3 is 10.2 Å². The maximum absolute atomic E-state index is 11.3. The van der Waals surface area contributed by atoms with Crippen LogP contribution >= 0.6 is 0 Å². The van der Waals surface area contributed by atoms with Crippen molar-refractivity contribution in [2.45, 2.75) is 6.92 Å². The maximum atomic E-state index is 11.3. The van der Waals surface area contributed by atoms with Crippen LogP contribution in [-0.2, 0) is 0 Å². The van der Waals surface area contributed by atoms with Crippen LogP contribution in [0.25, 0.3) is 0 Å². The Bertz CT molecular complexity index is 366. The van der Waals surface area contributed by atoms with Crippen molar-refractivity contribution in [3.8, 4) is 11.5 Å². The highest BCUT2D eigenvalue weighted by molar-refractivity contribution is 6.09. The van der Waals surface area contributed by atoms with E-state index in [1.807, 2.05) is 0 Å². The summed E-state index contributed by atoms with van der Waals surface area (Å²) in [6.07, 6.45) is 0. The molecule has 3 nitrogen and oxygen atoms in total. The summed E-state index contributed by atoms with van der Waals surface area (Å²) in [6, 6.07) is 3.83. The number of hydrogen-bond acceptors (Lipinski definition) is 3. The number of aromatic hydroxyl groups is 2. The van der Waals surface area contributed by atoms with Crippen LogP contribution in [0.5, 0.6) is 11.5 Å². The number of carbonyl (C=O) groups excluding carboxylic acids is 1. The normalized spacial score (nSPS) is 9.62. The van der Waals surface area contributed by atoms with E-state index >= 15 is 0 Å². The molecule has 0 spiro atoms. The van der Waals surface area contributed by atoms with Gasteiger partial charge in [-0.15, -0.1) is 0 Å². The fraction of sp³-hybridized carbons (Fsp3) is 0.100. The van der Waals surface area contributed by atoms with Crippen LogP contribution in [0.15, 0.2) is 30.4 Å². The third kappa shape index (κ3) is 1.87. The monoisotopic (exact) mass is 178 g/mol. The summed E-state index contributed by atoms with van der Waals surface area (Å²) in [5.41, 5.74) is 0.506. The van der Waals surface area contributed by atoms with Gasteiger partial charge in [-0.3, -0.25) is 4.79 Å². The van der Waals surface area contributed by atoms with Gasteiger partial charge in [0.15, 0.2) is 5.78 Å². The Hall–Kier alpha value is -1.77. The fourth-order valence-corrected chi connectivity index (χ4v) is 0.942. The zero-order valence-electron chi connectivity index (χ0n) is 7.24. The summed E-state index contributed by atoms with van der Waals surface area (Å²) < 4.78 is 0. The van der Waals surface area contributed by atoms with Gasteiger partial charge in [-0.1, -0.05) is 6.58 Å². The van der Waals surface area contributed by atoms with Crippen molar-refractivity contribution < 1.29 is 15.0 Å². The standard InChI is InChI=1S/C10H10O3/c1-6(2)10(13)8-4-3-7(11)5-9(8)12/h3-5,11-12H,1H2,2H3. The van der Waals surface area contributed by atoms with Crippen LogP contribution in [0.3, 0.4) is 0 Å². The Kier molecular flexibility index (Phi) is 2.37. The van der Waals surface area contributed by atoms with E-state index in [9.17, 15) is 9.90 Å². The van der Waals surface area contributed by atoms with Crippen LogP contribution in [0.2, 0.25) is 0 Å². The highest BCUT2D eigenvalue weighted by atomic mass is 16.3. The van der Waals surface area contributed by atoms with Crippen molar-refractivity contribution >= 4 is 5.78 Å². The second-order valence-corrected chi connectivity index (χ2v) is 2.81. The third-order valence-electron chi connectivity index (χ3n) is 1.61. The Morgan fingerprint density at radius 1 is 1.38 bits per heavy atom. The summed E-state index contributed by atoms with van der Waals surface area (Å²) in [5.74, 6) is -0.624. The number of phenols is 2. The van der Waals surface area contributed by atoms with E-state index in [-0.39, 0.29) is 22.8 Å². The molecule has 0 aliphatic rings. The molecule has 0 unspecified atom stereocenters. The van der Waals surface area contributed by atoms with Gasteiger partial charge in [0, 0.05) is 6.07 Å². The summed E-state index contributed by atoms with van der Waals surface area (Å²) in [5, 5.41) is 18.3. The van der Waals surface area contributed by atoms with Gasteiger partial charge in [0.05, 0.1) is 5.56 Å². The van der Waals surface area contributed by atoms with Gasteiger partial charge in [-0.05, 0) is 24.6 Å². The zero-order chi connectivity index (χ0) is 10.0. The van der Waals surface area contributed by atoms with Crippen LogP contribution in [0.4, 0.5) is 0 Å². The molecule has 3 heteroatoms. The predicted molar refractivity (Wildman–Crippen MR) is 48.9 cm³/mol. The molecule has 13 heavy (non-hydrogen) atoms. The van der Waals surface area contributed by atoms with Gasteiger partial charge in [-0.25, -0.2) is 0 Å². The largest absolute Gasteiger partial charge is 0.508 e. The number of carbonyl (C=O) groups is 1. The molecule has 1 aromatic carbocycles. The topological polar surface area (TPSA) is 57.5 Å². The SMILES string of the molecule is C=C(C)C(=O)c1ccc(O)cc1O. The molecule has 0 fully saturated rings. The molecule has 0 saturated carbocycles. The summed E-state index contributed by atoms with van der Waals surface area (Å²) in [6.45, 7) is 5.04. The van der Waals surface area contributed by atoms with Crippen LogP contribution < -0.4 is 0 Å². The number of benzene rings is 1. The minimum Gasteiger partial charge on any atom is -0.508 e. The molecular weight excluding hydrogens is 168 g/mol. The van der Waals surface area contributed by atoms with Gasteiger partial charge in [0.25, 0.3) is 0 Å². The maximum Gasteiger partial charge on any atom is 0.191 e. The number of rotatable bonds is 2. The molecule has 0 atom stereocenters. The predicted octanol–water partition coefficient (Wildman–Crippen LogP) is 1.86. The molecule has 0 bridgehead atoms. The van der Waals surface area contributed by atoms with Gasteiger partial charge in [0.1, 0.15) is 11.5 Å². The first-order chi connectivity index (χ1) is 6.02. The summed E-state index contributed by atoms with van der Waals surface area (Å²) in [7, 11) is 0. The number of Topliss-reactive ketones (excluding diaryl/α,β-unsaturated/α-hetero) is 1. The van der Waals surface area contributed by atoms with E-state index in [0.29, 0.717) is 5.57 Å². The van der Waals surface area contributed by atoms with Gasteiger partial charge in [-0.2, -0.15) is 0 Å². The number of ketones is 1. The first-order valence-corrected chi connectivity index (χ1v) is 3.74. The molecule has 68 valence electrons. The molecule has 0 saturated heterocycles. The molecule has 0 amide bonds. The highest BCUT2D eigenvalue weighted by Gasteiger charge is 2.11. The lowest BCUT2D eigenvalue weighted by Gasteiger charge is -2.02. The van der Waals surface area contributed by atoms with Gasteiger partial charge in [0.2, 0.25) is 0 Å². The minimum atomic E-state index is -0.322. The quantitative estimate of drug-likeness (QED) is 0.536. The molecule has 0 aliphatic carbocycles. The average Bonchev–Trinajstić information content (AvgIpc) is 2.03. The first kappa shape index (κ1) is 9.32. The number of allylic oxidation sites excluding steroid dienone is 1. The molecule has 1 aromatic rings. The van der Waals surface area contributed by atoms with Crippen molar-refractivity contribution in [2.75, 3.05) is 0 Å². The molecule has 0 aromatic heterocycles. The van der Waals surface area contributed by atoms with Crippen molar-refractivity contribution in [2.24, 2.45) is 0 Å². The third-order valence-corrected chi connectivity index (χ3v) is 1.61. The van der Waals surface area contributed by atoms with Crippen molar-refractivity contribution in [3.05, 3.63) is 35.9 Å². The van der Waals surface area contributed by atoms with Crippen molar-refractivity contribution in [1.82, 2.24) is 0 Å². The zero-order valence-corrected chi connectivity index (χ0v) is 7.24. The lowest BCUT2D eigenvalue weighted by Crippen LogP contribution is -1.99. The number of phenolic OH excluding ortho intramolecular Hbond substituents is 2. The second kappa shape index (κ2) is 3.31. The Balaban J connectivity index is 3.16. The Morgan fingerprint density at radius 3 is 2.46 bits per heavy atom. The van der Waals surface area contributed by atoms with Crippen molar-refractivity contribution in [1.29, 1.82) is 0 Å². The first-order valence-electron chi connectivity index (χ1n) is 3.74. The molecular formula is C10H10O3. The van der Waals surface area contributed by atoms with Crippen LogP contribution in [0.1, 0.15) is 17.3 Å². The van der Waals surface area contributed by atoms with Crippen LogP contribution in [-0.4, -0.2) is 16.0 Å². The minimum absolute atomic E-state index is 0.0734. The summed E-state index contributed by atoms with van der Waals surface area (Å²) >= 11 is 0.